The van der Waals surface area contributed by atoms with E-state index in [0.29, 0.717) is 0 Å². The van der Waals surface area contributed by atoms with Crippen molar-refractivity contribution >= 4 is 65.7 Å². The van der Waals surface area contributed by atoms with Crippen LogP contribution >= 0.6 is 0 Å². The predicted octanol–water partition coefficient (Wildman–Crippen LogP) is 13.6. The Morgan fingerprint density at radius 2 is 0.902 bits per heavy atom. The highest BCUT2D eigenvalue weighted by Crippen LogP contribution is 2.40. The van der Waals surface area contributed by atoms with Crippen molar-refractivity contribution in [1.82, 2.24) is 4.57 Å². The second kappa shape index (κ2) is 10.8. The molecule has 0 bridgehead atoms. The fraction of sp³-hybridized carbons (Fsp3) is 0. The molecule has 0 aliphatic heterocycles. The van der Waals surface area contributed by atoms with Crippen molar-refractivity contribution in [3.63, 3.8) is 0 Å². The standard InChI is InChI=1S/C48H29NO2/c1-4-15-42-37(9-1)41-29-33(30-19-21-32(22-20-30)36-13-7-14-39-38-10-2-5-16-44(38)51-48(36)39)25-28-43(41)49(42)34-26-23-31(24-27-34)35-12-8-18-46-47(35)40-11-3-6-17-45(40)50-46/h1-29H. The third kappa shape index (κ3) is 4.25. The number of rotatable bonds is 4. The maximum absolute atomic E-state index is 6.33. The van der Waals surface area contributed by atoms with Gasteiger partial charge in [-0.25, -0.2) is 0 Å². The van der Waals surface area contributed by atoms with Gasteiger partial charge in [-0.1, -0.05) is 127 Å². The Bertz CT molecular complexity index is 3120. The topological polar surface area (TPSA) is 31.2 Å². The number of aromatic nitrogens is 1. The van der Waals surface area contributed by atoms with E-state index in [0.717, 1.165) is 60.7 Å². The lowest BCUT2D eigenvalue weighted by Gasteiger charge is -2.11. The number of nitrogens with zero attached hydrogens (tertiary/aromatic N) is 1. The maximum Gasteiger partial charge on any atom is 0.143 e. The quantitative estimate of drug-likeness (QED) is 0.190. The lowest BCUT2D eigenvalue weighted by atomic mass is 9.98. The molecule has 3 nitrogen and oxygen atoms in total. The first kappa shape index (κ1) is 28.0. The summed E-state index contributed by atoms with van der Waals surface area (Å²) in [7, 11) is 0. The Morgan fingerprint density at radius 3 is 1.75 bits per heavy atom. The smallest absolute Gasteiger partial charge is 0.143 e. The molecule has 0 saturated heterocycles. The Kier molecular flexibility index (Phi) is 5.96. The number of hydrogen-bond acceptors (Lipinski definition) is 2. The van der Waals surface area contributed by atoms with Gasteiger partial charge in [-0.3, -0.25) is 0 Å². The third-order valence-electron chi connectivity index (χ3n) is 10.4. The summed E-state index contributed by atoms with van der Waals surface area (Å²) in [5.74, 6) is 0. The van der Waals surface area contributed by atoms with Crippen LogP contribution in [0.3, 0.4) is 0 Å². The van der Waals surface area contributed by atoms with Gasteiger partial charge in [0.25, 0.3) is 0 Å². The second-order valence-corrected chi connectivity index (χ2v) is 13.3. The first-order chi connectivity index (χ1) is 25.3. The molecular formula is C48H29NO2. The van der Waals surface area contributed by atoms with Crippen molar-refractivity contribution in [2.24, 2.45) is 0 Å². The van der Waals surface area contributed by atoms with Crippen LogP contribution in [0.1, 0.15) is 0 Å². The Hall–Kier alpha value is -6.84. The van der Waals surface area contributed by atoms with E-state index in [1.54, 1.807) is 0 Å². The van der Waals surface area contributed by atoms with Crippen LogP contribution < -0.4 is 0 Å². The van der Waals surface area contributed by atoms with E-state index in [1.807, 2.05) is 24.3 Å². The van der Waals surface area contributed by atoms with Crippen LogP contribution in [0, 0.1) is 0 Å². The van der Waals surface area contributed by atoms with Gasteiger partial charge in [0.05, 0.1) is 11.0 Å². The van der Waals surface area contributed by atoms with Crippen LogP contribution in [0.2, 0.25) is 0 Å². The molecule has 0 atom stereocenters. The number of para-hydroxylation sites is 4. The fourth-order valence-electron chi connectivity index (χ4n) is 8.05. The predicted molar refractivity (Wildman–Crippen MR) is 212 cm³/mol. The first-order valence-electron chi connectivity index (χ1n) is 17.3. The molecule has 0 spiro atoms. The monoisotopic (exact) mass is 651 g/mol. The Labute approximate surface area is 293 Å². The maximum atomic E-state index is 6.33. The SMILES string of the molecule is c1ccc2c(c1)oc1c(-c3ccc(-c4ccc5c(c4)c4ccccc4n5-c4ccc(-c5cccc6oc7ccccc7c56)cc4)cc3)cccc12. The minimum atomic E-state index is 0.911. The average molecular weight is 652 g/mol. The van der Waals surface area contributed by atoms with Crippen molar-refractivity contribution in [1.29, 1.82) is 0 Å². The molecule has 238 valence electrons. The molecule has 51 heavy (non-hydrogen) atoms. The summed E-state index contributed by atoms with van der Waals surface area (Å²) in [4.78, 5) is 0. The summed E-state index contributed by atoms with van der Waals surface area (Å²) in [6.07, 6.45) is 0. The van der Waals surface area contributed by atoms with E-state index in [-0.39, 0.29) is 0 Å². The van der Waals surface area contributed by atoms with Crippen molar-refractivity contribution in [2.45, 2.75) is 0 Å². The molecule has 11 aromatic rings. The molecule has 0 radical (unpaired) electrons. The summed E-state index contributed by atoms with van der Waals surface area (Å²) >= 11 is 0. The zero-order valence-corrected chi connectivity index (χ0v) is 27.5. The Balaban J connectivity index is 0.982. The minimum absolute atomic E-state index is 0.911. The molecule has 8 aromatic carbocycles. The van der Waals surface area contributed by atoms with Gasteiger partial charge in [-0.05, 0) is 76.3 Å². The minimum Gasteiger partial charge on any atom is -0.456 e. The third-order valence-corrected chi connectivity index (χ3v) is 10.4. The van der Waals surface area contributed by atoms with Crippen LogP contribution in [0.15, 0.2) is 185 Å². The molecule has 0 aliphatic carbocycles. The van der Waals surface area contributed by atoms with E-state index >= 15 is 0 Å². The van der Waals surface area contributed by atoms with E-state index in [9.17, 15) is 0 Å². The molecule has 0 unspecified atom stereocenters. The van der Waals surface area contributed by atoms with Crippen LogP contribution in [-0.2, 0) is 0 Å². The second-order valence-electron chi connectivity index (χ2n) is 13.3. The molecule has 3 heterocycles. The number of fused-ring (bicyclic) bond motifs is 9. The van der Waals surface area contributed by atoms with Gasteiger partial charge < -0.3 is 13.4 Å². The largest absolute Gasteiger partial charge is 0.456 e. The first-order valence-corrected chi connectivity index (χ1v) is 17.3. The van der Waals surface area contributed by atoms with Crippen LogP contribution in [0.4, 0.5) is 0 Å². The Morgan fingerprint density at radius 1 is 0.333 bits per heavy atom. The molecule has 0 amide bonds. The fourth-order valence-corrected chi connectivity index (χ4v) is 8.05. The van der Waals surface area contributed by atoms with Crippen molar-refractivity contribution in [2.75, 3.05) is 0 Å². The number of furan rings is 2. The van der Waals surface area contributed by atoms with Crippen LogP contribution in [0.5, 0.6) is 0 Å². The zero-order chi connectivity index (χ0) is 33.5. The highest BCUT2D eigenvalue weighted by Gasteiger charge is 2.16. The van der Waals surface area contributed by atoms with Crippen molar-refractivity contribution in [3.05, 3.63) is 176 Å². The summed E-state index contributed by atoms with van der Waals surface area (Å²) in [5, 5.41) is 7.07. The summed E-state index contributed by atoms with van der Waals surface area (Å²) < 4.78 is 14.9. The van der Waals surface area contributed by atoms with Gasteiger partial charge in [0, 0.05) is 43.6 Å². The van der Waals surface area contributed by atoms with Crippen molar-refractivity contribution < 1.29 is 8.83 Å². The number of hydrogen-bond donors (Lipinski definition) is 0. The van der Waals surface area contributed by atoms with E-state index in [4.69, 9.17) is 8.83 Å². The van der Waals surface area contributed by atoms with Gasteiger partial charge in [0.2, 0.25) is 0 Å². The molecule has 3 heteroatoms. The van der Waals surface area contributed by atoms with Gasteiger partial charge >= 0.3 is 0 Å². The molecule has 3 aromatic heterocycles. The highest BCUT2D eigenvalue weighted by molar-refractivity contribution is 6.13. The zero-order valence-electron chi connectivity index (χ0n) is 27.5. The number of benzene rings is 8. The van der Waals surface area contributed by atoms with Gasteiger partial charge in [-0.2, -0.15) is 0 Å². The van der Waals surface area contributed by atoms with Gasteiger partial charge in [-0.15, -0.1) is 0 Å². The lowest BCUT2D eigenvalue weighted by molar-refractivity contribution is 0.669. The van der Waals surface area contributed by atoms with Crippen molar-refractivity contribution in [3.8, 4) is 39.1 Å². The molecule has 0 aliphatic rings. The molecular weight excluding hydrogens is 623 g/mol. The average Bonchev–Trinajstić information content (AvgIpc) is 3.87. The summed E-state index contributed by atoms with van der Waals surface area (Å²) in [5.41, 5.74) is 14.1. The summed E-state index contributed by atoms with van der Waals surface area (Å²) in [6.45, 7) is 0. The lowest BCUT2D eigenvalue weighted by Crippen LogP contribution is -1.93. The molecule has 0 N–H and O–H groups in total. The van der Waals surface area contributed by atoms with Gasteiger partial charge in [0.15, 0.2) is 0 Å². The van der Waals surface area contributed by atoms with E-state index in [2.05, 4.69) is 156 Å². The molecule has 11 rings (SSSR count). The van der Waals surface area contributed by atoms with Crippen LogP contribution in [-0.4, -0.2) is 4.57 Å². The highest BCUT2D eigenvalue weighted by atomic mass is 16.3. The molecule has 0 fully saturated rings. The van der Waals surface area contributed by atoms with Gasteiger partial charge in [0.1, 0.15) is 22.3 Å². The molecule has 0 saturated carbocycles. The summed E-state index contributed by atoms with van der Waals surface area (Å²) in [6, 6.07) is 62.6. The van der Waals surface area contributed by atoms with Crippen LogP contribution in [0.25, 0.3) is 105 Å². The normalized spacial score (nSPS) is 11.9. The van der Waals surface area contributed by atoms with E-state index in [1.165, 1.54) is 44.1 Å². The van der Waals surface area contributed by atoms with E-state index < -0.39 is 0 Å².